The Hall–Kier alpha value is -2.09. The zero-order chi connectivity index (χ0) is 18.5. The van der Waals surface area contributed by atoms with Crippen molar-refractivity contribution in [3.63, 3.8) is 0 Å². The van der Waals surface area contributed by atoms with Crippen molar-refractivity contribution in [2.75, 3.05) is 0 Å². The van der Waals surface area contributed by atoms with Crippen molar-refractivity contribution < 1.29 is 39.1 Å². The molecule has 2 rings (SSSR count). The van der Waals surface area contributed by atoms with Crippen LogP contribution < -0.4 is 0 Å². The molecule has 0 saturated heterocycles. The Balaban J connectivity index is 0.000000550. The van der Waals surface area contributed by atoms with Crippen LogP contribution in [-0.4, -0.2) is 40.7 Å². The van der Waals surface area contributed by atoms with E-state index in [2.05, 4.69) is 4.89 Å². The zero-order valence-electron chi connectivity index (χ0n) is 14.2. The van der Waals surface area contributed by atoms with Gasteiger partial charge in [0.05, 0.1) is 0 Å². The molecule has 2 N–H and O–H groups in total. The fourth-order valence-corrected chi connectivity index (χ4v) is 2.91. The van der Waals surface area contributed by atoms with Crippen LogP contribution in [0.15, 0.2) is 12.2 Å². The molecule has 0 radical (unpaired) electrons. The molecule has 0 bridgehead atoms. The predicted molar refractivity (Wildman–Crippen MR) is 86.8 cm³/mol. The van der Waals surface area contributed by atoms with Crippen molar-refractivity contribution in [3.8, 4) is 0 Å². The van der Waals surface area contributed by atoms with Crippen LogP contribution in [0, 0.1) is 0 Å². The second-order valence-corrected chi connectivity index (χ2v) is 6.08. The molecule has 2 aliphatic rings. The van der Waals surface area contributed by atoms with Gasteiger partial charge < -0.3 is 14.6 Å². The highest BCUT2D eigenvalue weighted by Crippen LogP contribution is 2.21. The molecule has 2 fully saturated rings. The molecular weight excluding hydrogens is 332 g/mol. The van der Waals surface area contributed by atoms with Crippen molar-refractivity contribution in [1.82, 2.24) is 0 Å². The highest BCUT2D eigenvalue weighted by molar-refractivity contribution is 5.91. The normalized spacial score (nSPS) is 18.8. The van der Waals surface area contributed by atoms with Crippen LogP contribution in [0.3, 0.4) is 0 Å². The largest absolute Gasteiger partial charge is 0.537 e. The van der Waals surface area contributed by atoms with Crippen LogP contribution in [0.4, 0.5) is 4.79 Å². The first kappa shape index (κ1) is 21.0. The lowest BCUT2D eigenvalue weighted by Crippen LogP contribution is -2.21. The van der Waals surface area contributed by atoms with E-state index >= 15 is 0 Å². The zero-order valence-corrected chi connectivity index (χ0v) is 14.2. The third-order valence-corrected chi connectivity index (χ3v) is 4.10. The Morgan fingerprint density at radius 1 is 0.720 bits per heavy atom. The van der Waals surface area contributed by atoms with Crippen LogP contribution in [0.1, 0.15) is 64.2 Å². The number of carbonyl (C=O) groups excluding carboxylic acids is 2. The number of rotatable bonds is 4. The van der Waals surface area contributed by atoms with Crippen molar-refractivity contribution in [2.24, 2.45) is 0 Å². The van der Waals surface area contributed by atoms with Gasteiger partial charge in [-0.3, -0.25) is 4.89 Å². The predicted octanol–water partition coefficient (Wildman–Crippen LogP) is 3.45. The summed E-state index contributed by atoms with van der Waals surface area (Å²) in [6.07, 6.45) is 11.4. The topological polar surface area (TPSA) is 119 Å². The average molecular weight is 358 g/mol. The summed E-state index contributed by atoms with van der Waals surface area (Å²) in [4.78, 5) is 34.7. The highest BCUT2D eigenvalue weighted by Gasteiger charge is 2.18. The summed E-state index contributed by atoms with van der Waals surface area (Å²) in [5.74, 6) is -0.866. The van der Waals surface area contributed by atoms with Crippen LogP contribution in [0.2, 0.25) is 0 Å². The summed E-state index contributed by atoms with van der Waals surface area (Å²) >= 11 is 0. The molecule has 0 aromatic heterocycles. The summed E-state index contributed by atoms with van der Waals surface area (Å²) in [6, 6.07) is 0. The Labute approximate surface area is 146 Å². The second kappa shape index (κ2) is 12.3. The highest BCUT2D eigenvalue weighted by atomic mass is 17.1. The molecule has 0 aromatic carbocycles. The van der Waals surface area contributed by atoms with Crippen molar-refractivity contribution in [2.45, 2.75) is 76.4 Å². The Kier molecular flexibility index (Phi) is 10.3. The maximum absolute atomic E-state index is 11.6. The van der Waals surface area contributed by atoms with Gasteiger partial charge in [-0.05, 0) is 51.4 Å². The SMILES string of the molecule is O=C(/C=C\C(=O)OC1CCCCC1)OC1CCCCC1.O=C(O)OO. The molecule has 0 amide bonds. The standard InChI is InChI=1S/C16H24O4.CH2O4/c17-15(19-13-7-3-1-4-8-13)11-12-16(18)20-14-9-5-2-6-10-14;2-1(3)5-4/h11-14H,1-10H2;4H,(H,2,3)/b12-11-;. The second-order valence-electron chi connectivity index (χ2n) is 6.08. The van der Waals surface area contributed by atoms with Crippen LogP contribution in [-0.2, 0) is 24.0 Å². The van der Waals surface area contributed by atoms with Crippen molar-refractivity contribution >= 4 is 18.1 Å². The van der Waals surface area contributed by atoms with Crippen LogP contribution >= 0.6 is 0 Å². The number of carboxylic acid groups (broad SMARTS) is 1. The number of ether oxygens (including phenoxy) is 2. The van der Waals surface area contributed by atoms with Gasteiger partial charge in [-0.2, -0.15) is 5.26 Å². The minimum atomic E-state index is -1.69. The summed E-state index contributed by atoms with van der Waals surface area (Å²) in [7, 11) is 0. The molecule has 0 spiro atoms. The number of carbonyl (C=O) groups is 3. The Morgan fingerprint density at radius 3 is 1.32 bits per heavy atom. The third kappa shape index (κ3) is 10.4. The molecule has 8 heteroatoms. The summed E-state index contributed by atoms with van der Waals surface area (Å²) in [5.41, 5.74) is 0. The molecular formula is C17H26O8. The van der Waals surface area contributed by atoms with Crippen LogP contribution in [0.5, 0.6) is 0 Å². The number of hydrogen-bond acceptors (Lipinski definition) is 7. The fourth-order valence-electron chi connectivity index (χ4n) is 2.91. The van der Waals surface area contributed by atoms with E-state index in [0.717, 1.165) is 51.4 Å². The molecule has 142 valence electrons. The van der Waals surface area contributed by atoms with Gasteiger partial charge in [0.2, 0.25) is 0 Å². The summed E-state index contributed by atoms with van der Waals surface area (Å²) in [6.45, 7) is 0. The summed E-state index contributed by atoms with van der Waals surface area (Å²) < 4.78 is 10.6. The van der Waals surface area contributed by atoms with Gasteiger partial charge >= 0.3 is 18.1 Å². The lowest BCUT2D eigenvalue weighted by molar-refractivity contribution is -0.194. The van der Waals surface area contributed by atoms with Gasteiger partial charge in [-0.1, -0.05) is 12.8 Å². The van der Waals surface area contributed by atoms with Gasteiger partial charge in [-0.25, -0.2) is 14.4 Å². The van der Waals surface area contributed by atoms with Gasteiger partial charge in [0.1, 0.15) is 12.2 Å². The van der Waals surface area contributed by atoms with E-state index in [0.29, 0.717) is 0 Å². The van der Waals surface area contributed by atoms with Crippen molar-refractivity contribution in [3.05, 3.63) is 12.2 Å². The van der Waals surface area contributed by atoms with E-state index in [-0.39, 0.29) is 12.2 Å². The van der Waals surface area contributed by atoms with Gasteiger partial charge in [0.15, 0.2) is 0 Å². The quantitative estimate of drug-likeness (QED) is 0.258. The van der Waals surface area contributed by atoms with Crippen LogP contribution in [0.25, 0.3) is 0 Å². The molecule has 0 heterocycles. The third-order valence-electron chi connectivity index (χ3n) is 4.10. The lowest BCUT2D eigenvalue weighted by atomic mass is 9.98. The van der Waals surface area contributed by atoms with Gasteiger partial charge in [0.25, 0.3) is 0 Å². The Morgan fingerprint density at radius 2 is 1.04 bits per heavy atom. The van der Waals surface area contributed by atoms with E-state index in [1.54, 1.807) is 0 Å². The van der Waals surface area contributed by atoms with E-state index < -0.39 is 18.1 Å². The van der Waals surface area contributed by atoms with E-state index in [9.17, 15) is 9.59 Å². The smallest absolute Gasteiger partial charge is 0.459 e. The molecule has 0 aromatic rings. The minimum absolute atomic E-state index is 0.0234. The first-order chi connectivity index (χ1) is 12.0. The van der Waals surface area contributed by atoms with Gasteiger partial charge in [0, 0.05) is 12.2 Å². The van der Waals surface area contributed by atoms with E-state index in [4.69, 9.17) is 24.6 Å². The lowest BCUT2D eigenvalue weighted by Gasteiger charge is -2.21. The maximum atomic E-state index is 11.6. The molecule has 2 aliphatic carbocycles. The van der Waals surface area contributed by atoms with E-state index in [1.165, 1.54) is 25.0 Å². The first-order valence-electron chi connectivity index (χ1n) is 8.65. The molecule has 0 atom stereocenters. The molecule has 0 unspecified atom stereocenters. The van der Waals surface area contributed by atoms with Gasteiger partial charge in [-0.15, -0.1) is 0 Å². The van der Waals surface area contributed by atoms with E-state index in [1.807, 2.05) is 0 Å². The molecule has 25 heavy (non-hydrogen) atoms. The minimum Gasteiger partial charge on any atom is -0.459 e. The average Bonchev–Trinajstić information content (AvgIpc) is 2.62. The fraction of sp³-hybridized carbons (Fsp3) is 0.706. The molecule has 0 aliphatic heterocycles. The maximum Gasteiger partial charge on any atom is 0.537 e. The summed E-state index contributed by atoms with van der Waals surface area (Å²) in [5, 5.41) is 14.3. The first-order valence-corrected chi connectivity index (χ1v) is 8.65. The number of esters is 2. The monoisotopic (exact) mass is 358 g/mol. The van der Waals surface area contributed by atoms with Crippen molar-refractivity contribution in [1.29, 1.82) is 0 Å². The molecule has 8 nitrogen and oxygen atoms in total. The Bertz CT molecular complexity index is 414. The number of hydrogen-bond donors (Lipinski definition) is 2. The molecule has 2 saturated carbocycles.